The summed E-state index contributed by atoms with van der Waals surface area (Å²) in [5.74, 6) is 5.50. The highest BCUT2D eigenvalue weighted by Gasteiger charge is 2.13. The van der Waals surface area contributed by atoms with E-state index in [4.69, 9.17) is 22.2 Å². The van der Waals surface area contributed by atoms with Crippen molar-refractivity contribution < 1.29 is 9.53 Å². The molecule has 0 atom stereocenters. The molecular formula is C13H13ClN4O2. The molecule has 0 saturated carbocycles. The summed E-state index contributed by atoms with van der Waals surface area (Å²) in [5, 5.41) is 3.20. The van der Waals surface area contributed by atoms with Gasteiger partial charge in [-0.3, -0.25) is 15.6 Å². The average Bonchev–Trinajstić information content (AvgIpc) is 2.47. The molecule has 0 saturated heterocycles. The standard InChI is InChI=1S/C13H13ClN4O2/c1-20-12-3-2-8(14)6-11(12)17-13(19)9-7-16-5-4-10(9)18-15/h2-7H,15H2,1H3,(H,16,18)(H,17,19). The van der Waals surface area contributed by atoms with Crippen molar-refractivity contribution >= 4 is 28.9 Å². The molecule has 4 N–H and O–H groups in total. The van der Waals surface area contributed by atoms with Gasteiger partial charge in [-0.25, -0.2) is 0 Å². The Morgan fingerprint density at radius 2 is 2.15 bits per heavy atom. The van der Waals surface area contributed by atoms with Crippen LogP contribution in [-0.4, -0.2) is 18.0 Å². The Morgan fingerprint density at radius 1 is 1.35 bits per heavy atom. The Hall–Kier alpha value is -2.31. The van der Waals surface area contributed by atoms with E-state index in [-0.39, 0.29) is 5.91 Å². The first-order chi connectivity index (χ1) is 9.65. The lowest BCUT2D eigenvalue weighted by Gasteiger charge is -2.12. The van der Waals surface area contributed by atoms with Crippen LogP contribution in [0.25, 0.3) is 0 Å². The van der Waals surface area contributed by atoms with Crippen LogP contribution < -0.4 is 21.3 Å². The summed E-state index contributed by atoms with van der Waals surface area (Å²) < 4.78 is 5.16. The average molecular weight is 293 g/mol. The molecule has 0 aliphatic rings. The predicted octanol–water partition coefficient (Wildman–Crippen LogP) is 2.28. The summed E-state index contributed by atoms with van der Waals surface area (Å²) in [6.07, 6.45) is 2.95. The highest BCUT2D eigenvalue weighted by molar-refractivity contribution is 6.31. The minimum atomic E-state index is -0.369. The van der Waals surface area contributed by atoms with Crippen molar-refractivity contribution in [2.24, 2.45) is 5.84 Å². The Labute approximate surface area is 120 Å². The molecule has 0 aliphatic carbocycles. The van der Waals surface area contributed by atoms with Gasteiger partial charge in [0.15, 0.2) is 0 Å². The second kappa shape index (κ2) is 6.23. The number of nitrogens with zero attached hydrogens (tertiary/aromatic N) is 1. The van der Waals surface area contributed by atoms with Gasteiger partial charge in [-0.1, -0.05) is 11.6 Å². The zero-order valence-corrected chi connectivity index (χ0v) is 11.4. The number of halogens is 1. The zero-order chi connectivity index (χ0) is 14.5. The zero-order valence-electron chi connectivity index (χ0n) is 10.7. The Kier molecular flexibility index (Phi) is 4.39. The minimum Gasteiger partial charge on any atom is -0.495 e. The molecule has 1 aromatic carbocycles. The molecular weight excluding hydrogens is 280 g/mol. The number of hydrogen-bond acceptors (Lipinski definition) is 5. The molecule has 7 heteroatoms. The maximum absolute atomic E-state index is 12.2. The maximum Gasteiger partial charge on any atom is 0.259 e. The third-order valence-electron chi connectivity index (χ3n) is 2.63. The van der Waals surface area contributed by atoms with Crippen molar-refractivity contribution in [2.75, 3.05) is 17.9 Å². The Bertz CT molecular complexity index is 634. The number of carbonyl (C=O) groups excluding carboxylic acids is 1. The van der Waals surface area contributed by atoms with Gasteiger partial charge < -0.3 is 15.5 Å². The quantitative estimate of drug-likeness (QED) is 0.594. The largest absolute Gasteiger partial charge is 0.495 e. The topological polar surface area (TPSA) is 89.3 Å². The van der Waals surface area contributed by atoms with E-state index in [1.807, 2.05) is 0 Å². The van der Waals surface area contributed by atoms with Crippen molar-refractivity contribution in [1.82, 2.24) is 4.98 Å². The molecule has 0 radical (unpaired) electrons. The molecule has 2 rings (SSSR count). The second-order valence-corrected chi connectivity index (χ2v) is 4.30. The minimum absolute atomic E-state index is 0.317. The molecule has 2 aromatic rings. The van der Waals surface area contributed by atoms with E-state index in [0.717, 1.165) is 0 Å². The third-order valence-corrected chi connectivity index (χ3v) is 2.87. The van der Waals surface area contributed by atoms with Gasteiger partial charge in [0.1, 0.15) is 5.75 Å². The number of carbonyl (C=O) groups is 1. The lowest BCUT2D eigenvalue weighted by atomic mass is 10.2. The van der Waals surface area contributed by atoms with Gasteiger partial charge in [0.05, 0.1) is 24.0 Å². The molecule has 0 unspecified atom stereocenters. The van der Waals surface area contributed by atoms with E-state index in [0.29, 0.717) is 27.7 Å². The normalized spacial score (nSPS) is 9.95. The van der Waals surface area contributed by atoms with E-state index >= 15 is 0 Å². The van der Waals surface area contributed by atoms with Crippen LogP contribution >= 0.6 is 11.6 Å². The first-order valence-corrected chi connectivity index (χ1v) is 6.09. The molecule has 1 amide bonds. The number of methoxy groups -OCH3 is 1. The van der Waals surface area contributed by atoms with E-state index in [1.54, 1.807) is 24.3 Å². The van der Waals surface area contributed by atoms with Gasteiger partial charge >= 0.3 is 0 Å². The van der Waals surface area contributed by atoms with Crippen molar-refractivity contribution in [2.45, 2.75) is 0 Å². The fourth-order valence-electron chi connectivity index (χ4n) is 1.67. The van der Waals surface area contributed by atoms with E-state index < -0.39 is 0 Å². The Morgan fingerprint density at radius 3 is 2.85 bits per heavy atom. The van der Waals surface area contributed by atoms with Crippen LogP contribution in [0.5, 0.6) is 5.75 Å². The summed E-state index contributed by atoms with van der Waals surface area (Å²) >= 11 is 5.91. The fourth-order valence-corrected chi connectivity index (χ4v) is 1.84. The first kappa shape index (κ1) is 14.1. The highest BCUT2D eigenvalue weighted by Crippen LogP contribution is 2.28. The number of pyridine rings is 1. The number of amides is 1. The summed E-state index contributed by atoms with van der Waals surface area (Å²) in [7, 11) is 1.51. The summed E-state index contributed by atoms with van der Waals surface area (Å²) in [6.45, 7) is 0. The van der Waals surface area contributed by atoms with Crippen LogP contribution in [0.1, 0.15) is 10.4 Å². The molecule has 6 nitrogen and oxygen atoms in total. The number of ether oxygens (including phenoxy) is 1. The summed E-state index contributed by atoms with van der Waals surface area (Å²) in [5.41, 5.74) is 3.70. The number of hydrogen-bond donors (Lipinski definition) is 3. The predicted molar refractivity (Wildman–Crippen MR) is 78.0 cm³/mol. The van der Waals surface area contributed by atoms with Gasteiger partial charge in [0.25, 0.3) is 5.91 Å². The molecule has 0 spiro atoms. The molecule has 0 bridgehead atoms. The van der Waals surface area contributed by atoms with Gasteiger partial charge in [-0.05, 0) is 24.3 Å². The van der Waals surface area contributed by atoms with Crippen molar-refractivity contribution in [3.8, 4) is 5.75 Å². The first-order valence-electron chi connectivity index (χ1n) is 5.71. The Balaban J connectivity index is 2.30. The van der Waals surface area contributed by atoms with Crippen molar-refractivity contribution in [1.29, 1.82) is 0 Å². The van der Waals surface area contributed by atoms with Crippen LogP contribution in [0.4, 0.5) is 11.4 Å². The fraction of sp³-hybridized carbons (Fsp3) is 0.0769. The monoisotopic (exact) mass is 292 g/mol. The molecule has 20 heavy (non-hydrogen) atoms. The van der Waals surface area contributed by atoms with Gasteiger partial charge in [-0.15, -0.1) is 0 Å². The van der Waals surface area contributed by atoms with Crippen LogP contribution in [0.15, 0.2) is 36.7 Å². The number of nitrogens with one attached hydrogen (secondary N) is 2. The number of anilines is 2. The molecule has 1 aromatic heterocycles. The van der Waals surface area contributed by atoms with Crippen LogP contribution in [0, 0.1) is 0 Å². The number of nitrogens with two attached hydrogens (primary N) is 1. The number of aromatic nitrogens is 1. The van der Waals surface area contributed by atoms with Gasteiger partial charge in [0, 0.05) is 17.4 Å². The van der Waals surface area contributed by atoms with Crippen LogP contribution in [-0.2, 0) is 0 Å². The summed E-state index contributed by atoms with van der Waals surface area (Å²) in [4.78, 5) is 16.1. The van der Waals surface area contributed by atoms with Crippen LogP contribution in [0.2, 0.25) is 5.02 Å². The smallest absolute Gasteiger partial charge is 0.259 e. The third kappa shape index (κ3) is 2.98. The number of benzene rings is 1. The lowest BCUT2D eigenvalue weighted by Crippen LogP contribution is -2.17. The number of nitrogen functional groups attached to an aromatic ring is 1. The molecule has 0 aliphatic heterocycles. The maximum atomic E-state index is 12.2. The lowest BCUT2D eigenvalue weighted by molar-refractivity contribution is 0.102. The highest BCUT2D eigenvalue weighted by atomic mass is 35.5. The molecule has 0 fully saturated rings. The van der Waals surface area contributed by atoms with E-state index in [9.17, 15) is 4.79 Å². The van der Waals surface area contributed by atoms with Gasteiger partial charge in [0.2, 0.25) is 0 Å². The van der Waals surface area contributed by atoms with E-state index in [2.05, 4.69) is 15.7 Å². The van der Waals surface area contributed by atoms with Crippen LogP contribution in [0.3, 0.4) is 0 Å². The SMILES string of the molecule is COc1ccc(Cl)cc1NC(=O)c1cnccc1NN. The second-order valence-electron chi connectivity index (χ2n) is 3.86. The number of hydrazine groups is 1. The van der Waals surface area contributed by atoms with Crippen molar-refractivity contribution in [3.63, 3.8) is 0 Å². The van der Waals surface area contributed by atoms with E-state index in [1.165, 1.54) is 19.5 Å². The number of rotatable bonds is 4. The molecule has 104 valence electrons. The molecule has 1 heterocycles. The van der Waals surface area contributed by atoms with Gasteiger partial charge in [-0.2, -0.15) is 0 Å². The van der Waals surface area contributed by atoms with Crippen molar-refractivity contribution in [3.05, 3.63) is 47.2 Å². The summed E-state index contributed by atoms with van der Waals surface area (Å²) in [6, 6.07) is 6.55.